The molecule has 1 saturated heterocycles. The van der Waals surface area contributed by atoms with E-state index in [1.807, 2.05) is 36.1 Å². The maximum absolute atomic E-state index is 12.5. The molecule has 0 saturated carbocycles. The van der Waals surface area contributed by atoms with E-state index in [-0.39, 0.29) is 17.7 Å². The van der Waals surface area contributed by atoms with Crippen molar-refractivity contribution in [1.82, 2.24) is 25.2 Å². The van der Waals surface area contributed by atoms with Gasteiger partial charge in [0.2, 0.25) is 5.76 Å². The lowest BCUT2D eigenvalue weighted by atomic mass is 10.1. The zero-order valence-electron chi connectivity index (χ0n) is 14.9. The molecule has 1 fully saturated rings. The van der Waals surface area contributed by atoms with Gasteiger partial charge in [-0.3, -0.25) is 4.79 Å². The van der Waals surface area contributed by atoms with Crippen molar-refractivity contribution in [2.75, 3.05) is 31.2 Å². The Kier molecular flexibility index (Phi) is 4.84. The van der Waals surface area contributed by atoms with Crippen molar-refractivity contribution in [2.24, 2.45) is 0 Å². The van der Waals surface area contributed by atoms with Crippen molar-refractivity contribution in [3.8, 4) is 5.69 Å². The molecule has 0 aliphatic carbocycles. The first-order chi connectivity index (χ1) is 13.2. The van der Waals surface area contributed by atoms with Crippen LogP contribution < -0.4 is 10.2 Å². The number of hydrogen-bond donors (Lipinski definition) is 1. The quantitative estimate of drug-likeness (QED) is 0.730. The number of rotatable bonds is 5. The summed E-state index contributed by atoms with van der Waals surface area (Å²) in [6.45, 7) is 4.69. The first kappa shape index (κ1) is 17.2. The first-order valence-corrected chi connectivity index (χ1v) is 8.76. The number of carbonyl (C=O) groups is 1. The molecule has 0 spiro atoms. The molecule has 140 valence electrons. The average molecular weight is 368 g/mol. The molecule has 1 aromatic carbocycles. The molecule has 9 nitrogen and oxygen atoms in total. The van der Waals surface area contributed by atoms with Gasteiger partial charge in [-0.2, -0.15) is 5.10 Å². The number of nitrogens with zero attached hydrogens (tertiary/aromatic N) is 5. The topological polar surface area (TPSA) is 98.3 Å². The number of ether oxygens (including phenoxy) is 1. The molecule has 2 aromatic heterocycles. The predicted molar refractivity (Wildman–Crippen MR) is 96.8 cm³/mol. The van der Waals surface area contributed by atoms with E-state index in [2.05, 4.69) is 20.6 Å². The van der Waals surface area contributed by atoms with E-state index in [0.29, 0.717) is 19.0 Å². The Morgan fingerprint density at radius 1 is 1.22 bits per heavy atom. The van der Waals surface area contributed by atoms with Crippen LogP contribution in [-0.4, -0.2) is 52.1 Å². The molecule has 27 heavy (non-hydrogen) atoms. The summed E-state index contributed by atoms with van der Waals surface area (Å²) in [6.07, 6.45) is 3.12. The second kappa shape index (κ2) is 7.58. The fraction of sp³-hybridized carbons (Fsp3) is 0.333. The average Bonchev–Trinajstić information content (AvgIpc) is 3.41. The number of amides is 1. The second-order valence-corrected chi connectivity index (χ2v) is 6.28. The molecular weight excluding hydrogens is 348 g/mol. The molecule has 1 unspecified atom stereocenters. The molecule has 1 aliphatic heterocycles. The van der Waals surface area contributed by atoms with E-state index in [0.717, 1.165) is 24.3 Å². The van der Waals surface area contributed by atoms with E-state index in [4.69, 9.17) is 9.26 Å². The van der Waals surface area contributed by atoms with Gasteiger partial charge in [-0.1, -0.05) is 17.3 Å². The summed E-state index contributed by atoms with van der Waals surface area (Å²) in [6, 6.07) is 9.23. The van der Waals surface area contributed by atoms with Crippen molar-refractivity contribution in [2.45, 2.75) is 13.0 Å². The molecule has 1 atom stereocenters. The van der Waals surface area contributed by atoms with Gasteiger partial charge in [0, 0.05) is 19.2 Å². The fourth-order valence-corrected chi connectivity index (χ4v) is 2.92. The molecule has 3 aromatic rings. The van der Waals surface area contributed by atoms with Gasteiger partial charge in [0.25, 0.3) is 5.91 Å². The van der Waals surface area contributed by atoms with Crippen molar-refractivity contribution in [3.05, 3.63) is 54.3 Å². The van der Waals surface area contributed by atoms with Crippen molar-refractivity contribution in [1.29, 1.82) is 0 Å². The highest BCUT2D eigenvalue weighted by Gasteiger charge is 2.20. The Labute approximate surface area is 155 Å². The number of nitrogens with one attached hydrogen (secondary N) is 1. The minimum absolute atomic E-state index is 0.181. The summed E-state index contributed by atoms with van der Waals surface area (Å²) in [4.78, 5) is 18.4. The number of benzene rings is 1. The third-order valence-corrected chi connectivity index (χ3v) is 4.48. The summed E-state index contributed by atoms with van der Waals surface area (Å²) in [5, 5.41) is 11.0. The monoisotopic (exact) mass is 368 g/mol. The number of morpholine rings is 1. The number of aromatic nitrogens is 4. The smallest absolute Gasteiger partial charge is 0.290 e. The van der Waals surface area contributed by atoms with Crippen molar-refractivity contribution in [3.63, 3.8) is 0 Å². The Morgan fingerprint density at radius 3 is 2.70 bits per heavy atom. The Hall–Kier alpha value is -3.20. The Morgan fingerprint density at radius 2 is 2.00 bits per heavy atom. The molecular formula is C18H20N6O3. The molecule has 4 rings (SSSR count). The minimum atomic E-state index is -0.296. The lowest BCUT2D eigenvalue weighted by molar-refractivity contribution is 0.0902. The third-order valence-electron chi connectivity index (χ3n) is 4.48. The minimum Gasteiger partial charge on any atom is -0.378 e. The summed E-state index contributed by atoms with van der Waals surface area (Å²) in [5.41, 5.74) is 1.88. The summed E-state index contributed by atoms with van der Waals surface area (Å²) in [5.74, 6) is 0.561. The van der Waals surface area contributed by atoms with Crippen LogP contribution in [-0.2, 0) is 4.74 Å². The number of hydrogen-bond acceptors (Lipinski definition) is 7. The predicted octanol–water partition coefficient (Wildman–Crippen LogP) is 1.58. The van der Waals surface area contributed by atoms with Gasteiger partial charge in [-0.15, -0.1) is 0 Å². The highest BCUT2D eigenvalue weighted by molar-refractivity contribution is 5.92. The van der Waals surface area contributed by atoms with E-state index in [1.54, 1.807) is 17.1 Å². The maximum atomic E-state index is 12.5. The number of carbonyl (C=O) groups excluding carboxylic acids is 1. The van der Waals surface area contributed by atoms with Crippen LogP contribution >= 0.6 is 0 Å². The lowest BCUT2D eigenvalue weighted by Gasteiger charge is -2.25. The van der Waals surface area contributed by atoms with E-state index >= 15 is 0 Å². The van der Waals surface area contributed by atoms with Gasteiger partial charge in [-0.05, 0) is 24.6 Å². The molecule has 9 heteroatoms. The largest absolute Gasteiger partial charge is 0.378 e. The normalized spacial score (nSPS) is 15.5. The molecule has 3 heterocycles. The van der Waals surface area contributed by atoms with Gasteiger partial charge in [0.05, 0.1) is 24.9 Å². The van der Waals surface area contributed by atoms with E-state index in [9.17, 15) is 4.79 Å². The SMILES string of the molecule is CC(NC(=O)c1cc(N2CCOCC2)no1)c1ccc(-n2cncn2)cc1. The fourth-order valence-electron chi connectivity index (χ4n) is 2.92. The Bertz CT molecular complexity index is 884. The van der Waals surface area contributed by atoms with Crippen LogP contribution in [0, 0.1) is 0 Å². The maximum Gasteiger partial charge on any atom is 0.290 e. The molecule has 1 amide bonds. The van der Waals surface area contributed by atoms with Crippen LogP contribution in [0.15, 0.2) is 47.5 Å². The van der Waals surface area contributed by atoms with Gasteiger partial charge in [0.15, 0.2) is 5.82 Å². The van der Waals surface area contributed by atoms with Gasteiger partial charge in [-0.25, -0.2) is 9.67 Å². The number of anilines is 1. The van der Waals surface area contributed by atoms with Gasteiger partial charge >= 0.3 is 0 Å². The van der Waals surface area contributed by atoms with Crippen molar-refractivity contribution >= 4 is 11.7 Å². The zero-order valence-corrected chi connectivity index (χ0v) is 14.9. The van der Waals surface area contributed by atoms with Crippen LogP contribution in [0.4, 0.5) is 5.82 Å². The van der Waals surface area contributed by atoms with Crippen LogP contribution in [0.25, 0.3) is 5.69 Å². The van der Waals surface area contributed by atoms with Crippen molar-refractivity contribution < 1.29 is 14.1 Å². The first-order valence-electron chi connectivity index (χ1n) is 8.76. The summed E-state index contributed by atoms with van der Waals surface area (Å²) in [7, 11) is 0. The molecule has 0 bridgehead atoms. The standard InChI is InChI=1S/C18H20N6O3/c1-13(14-2-4-15(5-3-14)24-12-19-11-20-24)21-18(25)16-10-17(22-27-16)23-6-8-26-9-7-23/h2-5,10-13H,6-9H2,1H3,(H,21,25). The Balaban J connectivity index is 1.39. The summed E-state index contributed by atoms with van der Waals surface area (Å²) < 4.78 is 12.2. The van der Waals surface area contributed by atoms with Crippen LogP contribution in [0.3, 0.4) is 0 Å². The second-order valence-electron chi connectivity index (χ2n) is 6.28. The highest BCUT2D eigenvalue weighted by Crippen LogP contribution is 2.18. The van der Waals surface area contributed by atoms with Gasteiger partial charge < -0.3 is 19.5 Å². The summed E-state index contributed by atoms with van der Waals surface area (Å²) >= 11 is 0. The van der Waals surface area contributed by atoms with E-state index in [1.165, 1.54) is 6.33 Å². The third kappa shape index (κ3) is 3.82. The van der Waals surface area contributed by atoms with Crippen LogP contribution in [0.2, 0.25) is 0 Å². The van der Waals surface area contributed by atoms with E-state index < -0.39 is 0 Å². The highest BCUT2D eigenvalue weighted by atomic mass is 16.5. The molecule has 0 radical (unpaired) electrons. The van der Waals surface area contributed by atoms with Crippen LogP contribution in [0.5, 0.6) is 0 Å². The lowest BCUT2D eigenvalue weighted by Crippen LogP contribution is -2.36. The molecule has 1 aliphatic rings. The van der Waals surface area contributed by atoms with Gasteiger partial charge in [0.1, 0.15) is 12.7 Å². The molecule has 1 N–H and O–H groups in total. The van der Waals surface area contributed by atoms with Crippen LogP contribution in [0.1, 0.15) is 29.1 Å². The zero-order chi connectivity index (χ0) is 18.6.